The molecule has 6 nitrogen and oxygen atoms in total. The summed E-state index contributed by atoms with van der Waals surface area (Å²) in [5.74, 6) is -0.616. The maximum atomic E-state index is 11.4. The number of rotatable bonds is 3. The first kappa shape index (κ1) is 12.0. The van der Waals surface area contributed by atoms with Gasteiger partial charge in [-0.2, -0.15) is 0 Å². The van der Waals surface area contributed by atoms with Crippen LogP contribution in [0.15, 0.2) is 30.3 Å². The predicted molar refractivity (Wildman–Crippen MR) is 54.7 cm³/mol. The molecule has 86 valence electrons. The smallest absolute Gasteiger partial charge is 0.339 e. The molecule has 0 aromatic heterocycles. The van der Waals surface area contributed by atoms with E-state index in [9.17, 15) is 9.59 Å². The van der Waals surface area contributed by atoms with Gasteiger partial charge in [0.05, 0.1) is 7.11 Å². The summed E-state index contributed by atoms with van der Waals surface area (Å²) in [6.45, 7) is 0. The van der Waals surface area contributed by atoms with Crippen molar-refractivity contribution >= 4 is 12.0 Å². The van der Waals surface area contributed by atoms with Crippen LogP contribution in [-0.4, -0.2) is 24.3 Å². The average molecular weight is 224 g/mol. The number of methoxy groups -OCH3 is 1. The Kier molecular flexibility index (Phi) is 4.28. The largest absolute Gasteiger partial charge is 0.467 e. The maximum absolute atomic E-state index is 11.4. The molecule has 0 saturated carbocycles. The van der Waals surface area contributed by atoms with Crippen molar-refractivity contribution in [3.05, 3.63) is 35.9 Å². The van der Waals surface area contributed by atoms with Crippen LogP contribution >= 0.6 is 0 Å². The molecular formula is C10H12N2O4. The first-order valence-corrected chi connectivity index (χ1v) is 4.52. The number of hydrogen-bond acceptors (Lipinski definition) is 4. The average Bonchev–Trinajstić information content (AvgIpc) is 2.35. The Morgan fingerprint density at radius 1 is 1.31 bits per heavy atom. The van der Waals surface area contributed by atoms with Gasteiger partial charge in [-0.3, -0.25) is 5.21 Å². The molecule has 1 atom stereocenters. The lowest BCUT2D eigenvalue weighted by molar-refractivity contribution is -0.143. The SMILES string of the molecule is COC(=O)[C@H](NC(=O)NO)c1ccccc1. The van der Waals surface area contributed by atoms with Crippen LogP contribution in [0, 0.1) is 0 Å². The monoisotopic (exact) mass is 224 g/mol. The Labute approximate surface area is 92.2 Å². The van der Waals surface area contributed by atoms with Gasteiger partial charge in [-0.15, -0.1) is 0 Å². The van der Waals surface area contributed by atoms with E-state index in [1.807, 2.05) is 0 Å². The number of benzene rings is 1. The third-order valence-electron chi connectivity index (χ3n) is 1.95. The van der Waals surface area contributed by atoms with Crippen LogP contribution in [0.25, 0.3) is 0 Å². The number of carbonyl (C=O) groups is 2. The lowest BCUT2D eigenvalue weighted by Gasteiger charge is -2.15. The topological polar surface area (TPSA) is 87.7 Å². The van der Waals surface area contributed by atoms with E-state index in [4.69, 9.17) is 5.21 Å². The van der Waals surface area contributed by atoms with E-state index in [2.05, 4.69) is 10.1 Å². The first-order chi connectivity index (χ1) is 7.69. The minimum absolute atomic E-state index is 0.568. The number of amides is 2. The number of hydroxylamine groups is 1. The molecule has 0 spiro atoms. The van der Waals surface area contributed by atoms with E-state index in [1.54, 1.807) is 30.3 Å². The molecule has 3 N–H and O–H groups in total. The van der Waals surface area contributed by atoms with Crippen LogP contribution < -0.4 is 10.8 Å². The van der Waals surface area contributed by atoms with E-state index in [1.165, 1.54) is 12.6 Å². The zero-order valence-electron chi connectivity index (χ0n) is 8.64. The van der Waals surface area contributed by atoms with Crippen molar-refractivity contribution < 1.29 is 19.5 Å². The molecule has 16 heavy (non-hydrogen) atoms. The molecule has 0 bridgehead atoms. The van der Waals surface area contributed by atoms with E-state index in [-0.39, 0.29) is 0 Å². The van der Waals surface area contributed by atoms with Gasteiger partial charge in [0.15, 0.2) is 6.04 Å². The van der Waals surface area contributed by atoms with Crippen molar-refractivity contribution in [2.24, 2.45) is 0 Å². The number of carbonyl (C=O) groups excluding carboxylic acids is 2. The molecule has 0 aliphatic heterocycles. The van der Waals surface area contributed by atoms with Gasteiger partial charge >= 0.3 is 12.0 Å². The highest BCUT2D eigenvalue weighted by Crippen LogP contribution is 2.13. The van der Waals surface area contributed by atoms with Crippen molar-refractivity contribution in [3.63, 3.8) is 0 Å². The van der Waals surface area contributed by atoms with E-state index < -0.39 is 18.0 Å². The van der Waals surface area contributed by atoms with Gasteiger partial charge in [0, 0.05) is 0 Å². The van der Waals surface area contributed by atoms with Crippen molar-refractivity contribution in [2.75, 3.05) is 7.11 Å². The molecule has 0 fully saturated rings. The zero-order valence-corrected chi connectivity index (χ0v) is 8.64. The number of nitrogens with one attached hydrogen (secondary N) is 2. The van der Waals surface area contributed by atoms with Crippen molar-refractivity contribution in [1.82, 2.24) is 10.8 Å². The molecule has 1 aromatic rings. The van der Waals surface area contributed by atoms with Crippen LogP contribution in [0.5, 0.6) is 0 Å². The van der Waals surface area contributed by atoms with Gasteiger partial charge in [-0.25, -0.2) is 15.1 Å². The summed E-state index contributed by atoms with van der Waals surface area (Å²) in [4.78, 5) is 22.4. The van der Waals surface area contributed by atoms with Crippen LogP contribution in [-0.2, 0) is 9.53 Å². The summed E-state index contributed by atoms with van der Waals surface area (Å²) in [5, 5.41) is 10.6. The van der Waals surface area contributed by atoms with Gasteiger partial charge in [-0.05, 0) is 5.56 Å². The quantitative estimate of drug-likeness (QED) is 0.398. The number of ether oxygens (including phenoxy) is 1. The summed E-state index contributed by atoms with van der Waals surface area (Å²) in [5.41, 5.74) is 1.95. The Balaban J connectivity index is 2.88. The van der Waals surface area contributed by atoms with Gasteiger partial charge in [0.25, 0.3) is 0 Å². The highest BCUT2D eigenvalue weighted by Gasteiger charge is 2.22. The Morgan fingerprint density at radius 3 is 2.44 bits per heavy atom. The molecule has 0 heterocycles. The first-order valence-electron chi connectivity index (χ1n) is 4.52. The maximum Gasteiger partial charge on any atom is 0.339 e. The molecule has 0 aliphatic rings. The van der Waals surface area contributed by atoms with Gasteiger partial charge in [0.2, 0.25) is 0 Å². The molecule has 1 aromatic carbocycles. The molecule has 0 radical (unpaired) electrons. The second-order valence-corrected chi connectivity index (χ2v) is 2.95. The lowest BCUT2D eigenvalue weighted by Crippen LogP contribution is -2.39. The van der Waals surface area contributed by atoms with Crippen LogP contribution in [0.4, 0.5) is 4.79 Å². The fourth-order valence-electron chi connectivity index (χ4n) is 1.21. The highest BCUT2D eigenvalue weighted by atomic mass is 16.5. The normalized spacial score (nSPS) is 11.4. The predicted octanol–water partition coefficient (Wildman–Crippen LogP) is 0.589. The lowest BCUT2D eigenvalue weighted by atomic mass is 10.1. The highest BCUT2D eigenvalue weighted by molar-refractivity contribution is 5.84. The van der Waals surface area contributed by atoms with Gasteiger partial charge in [-0.1, -0.05) is 30.3 Å². The minimum Gasteiger partial charge on any atom is -0.467 e. The Hall–Kier alpha value is -2.08. The molecule has 1 rings (SSSR count). The van der Waals surface area contributed by atoms with Crippen molar-refractivity contribution in [2.45, 2.75) is 6.04 Å². The van der Waals surface area contributed by atoms with E-state index >= 15 is 0 Å². The molecule has 0 unspecified atom stereocenters. The summed E-state index contributed by atoms with van der Waals surface area (Å²) in [6, 6.07) is 6.74. The molecule has 2 amide bonds. The Morgan fingerprint density at radius 2 is 1.94 bits per heavy atom. The number of urea groups is 1. The van der Waals surface area contributed by atoms with Crippen LogP contribution in [0.1, 0.15) is 11.6 Å². The molecule has 0 aliphatic carbocycles. The van der Waals surface area contributed by atoms with Crippen LogP contribution in [0.3, 0.4) is 0 Å². The third kappa shape index (κ3) is 2.96. The third-order valence-corrected chi connectivity index (χ3v) is 1.95. The summed E-state index contributed by atoms with van der Waals surface area (Å²) < 4.78 is 4.55. The minimum atomic E-state index is -0.946. The molecular weight excluding hydrogens is 212 g/mol. The van der Waals surface area contributed by atoms with Gasteiger partial charge in [0.1, 0.15) is 0 Å². The second kappa shape index (κ2) is 5.72. The van der Waals surface area contributed by atoms with E-state index in [0.717, 1.165) is 0 Å². The fourth-order valence-corrected chi connectivity index (χ4v) is 1.21. The number of hydrogen-bond donors (Lipinski definition) is 3. The summed E-state index contributed by atoms with van der Waals surface area (Å²) in [7, 11) is 1.22. The Bertz CT molecular complexity index is 366. The van der Waals surface area contributed by atoms with Crippen molar-refractivity contribution in [1.29, 1.82) is 0 Å². The van der Waals surface area contributed by atoms with Crippen LogP contribution in [0.2, 0.25) is 0 Å². The summed E-state index contributed by atoms with van der Waals surface area (Å²) >= 11 is 0. The molecule has 0 saturated heterocycles. The standard InChI is InChI=1S/C10H12N2O4/c1-16-9(13)8(11-10(14)12-15)7-5-3-2-4-6-7/h2-6,8,15H,1H3,(H2,11,12,14)/t8-/m1/s1. The van der Waals surface area contributed by atoms with Crippen molar-refractivity contribution in [3.8, 4) is 0 Å². The van der Waals surface area contributed by atoms with Gasteiger partial charge < -0.3 is 10.1 Å². The molecule has 6 heteroatoms. The van der Waals surface area contributed by atoms with E-state index in [0.29, 0.717) is 5.56 Å². The number of esters is 1. The fraction of sp³-hybridized carbons (Fsp3) is 0.200. The summed E-state index contributed by atoms with van der Waals surface area (Å²) in [6.07, 6.45) is 0. The zero-order chi connectivity index (χ0) is 12.0. The second-order valence-electron chi connectivity index (χ2n) is 2.95.